The summed E-state index contributed by atoms with van der Waals surface area (Å²) >= 11 is 0. The van der Waals surface area contributed by atoms with E-state index in [0.717, 1.165) is 19.7 Å². The molecule has 112 valence electrons. The molecular formula is C18H24N2O. The second kappa shape index (κ2) is 4.85. The highest BCUT2D eigenvalue weighted by Gasteiger charge is 2.50. The van der Waals surface area contributed by atoms with E-state index < -0.39 is 0 Å². The van der Waals surface area contributed by atoms with Gasteiger partial charge in [-0.25, -0.2) is 0 Å². The van der Waals surface area contributed by atoms with Crippen LogP contribution in [0.4, 0.5) is 0 Å². The van der Waals surface area contributed by atoms with Crippen molar-refractivity contribution in [3.63, 3.8) is 0 Å². The lowest BCUT2D eigenvalue weighted by Crippen LogP contribution is -2.65. The lowest BCUT2D eigenvalue weighted by molar-refractivity contribution is -0.123. The van der Waals surface area contributed by atoms with Gasteiger partial charge < -0.3 is 9.72 Å². The Morgan fingerprint density at radius 3 is 2.90 bits per heavy atom. The number of benzene rings is 1. The van der Waals surface area contributed by atoms with E-state index in [1.807, 2.05) is 0 Å². The topological polar surface area (TPSA) is 28.3 Å². The van der Waals surface area contributed by atoms with Crippen molar-refractivity contribution in [3.05, 3.63) is 36.0 Å². The molecule has 2 saturated heterocycles. The average molecular weight is 284 g/mol. The summed E-state index contributed by atoms with van der Waals surface area (Å²) < 4.78 is 5.97. The first-order valence-electron chi connectivity index (χ1n) is 8.06. The number of rotatable bonds is 3. The Bertz CT molecular complexity index is 606. The van der Waals surface area contributed by atoms with Crippen LogP contribution in [-0.2, 0) is 11.3 Å². The van der Waals surface area contributed by atoms with E-state index >= 15 is 0 Å². The molecule has 2 fully saturated rings. The van der Waals surface area contributed by atoms with Gasteiger partial charge in [-0.3, -0.25) is 4.90 Å². The molecule has 0 saturated carbocycles. The van der Waals surface area contributed by atoms with Crippen molar-refractivity contribution in [3.8, 4) is 0 Å². The molecule has 3 heterocycles. The Labute approximate surface area is 126 Å². The summed E-state index contributed by atoms with van der Waals surface area (Å²) in [7, 11) is 0. The molecule has 0 spiro atoms. The molecular weight excluding hydrogens is 260 g/mol. The van der Waals surface area contributed by atoms with Crippen molar-refractivity contribution in [2.24, 2.45) is 5.41 Å². The van der Waals surface area contributed by atoms with Gasteiger partial charge >= 0.3 is 0 Å². The average Bonchev–Trinajstić information content (AvgIpc) is 3.05. The SMILES string of the molecule is CC1(C)CN(Cc2cc3ccccc3[nH]2)C1C1CCCO1. The number of aromatic nitrogens is 1. The third-order valence-electron chi connectivity index (χ3n) is 5.08. The summed E-state index contributed by atoms with van der Waals surface area (Å²) in [5, 5.41) is 1.31. The molecule has 0 bridgehead atoms. The van der Waals surface area contributed by atoms with E-state index in [1.54, 1.807) is 0 Å². The van der Waals surface area contributed by atoms with Crippen LogP contribution in [-0.4, -0.2) is 35.2 Å². The minimum Gasteiger partial charge on any atom is -0.377 e. The van der Waals surface area contributed by atoms with Crippen LogP contribution < -0.4 is 0 Å². The molecule has 2 aliphatic heterocycles. The van der Waals surface area contributed by atoms with Gasteiger partial charge in [0.05, 0.1) is 6.10 Å². The van der Waals surface area contributed by atoms with E-state index in [1.165, 1.54) is 29.4 Å². The third kappa shape index (κ3) is 2.29. The molecule has 2 unspecified atom stereocenters. The minimum atomic E-state index is 0.376. The van der Waals surface area contributed by atoms with Gasteiger partial charge in [0.1, 0.15) is 0 Å². The van der Waals surface area contributed by atoms with Crippen LogP contribution in [0.2, 0.25) is 0 Å². The fourth-order valence-electron chi connectivity index (χ4n) is 4.28. The highest BCUT2D eigenvalue weighted by molar-refractivity contribution is 5.80. The molecule has 3 heteroatoms. The number of hydrogen-bond donors (Lipinski definition) is 1. The maximum atomic E-state index is 5.97. The van der Waals surface area contributed by atoms with E-state index in [9.17, 15) is 0 Å². The van der Waals surface area contributed by atoms with Crippen LogP contribution in [0.5, 0.6) is 0 Å². The second-order valence-electron chi connectivity index (χ2n) is 7.27. The van der Waals surface area contributed by atoms with Crippen molar-refractivity contribution in [1.29, 1.82) is 0 Å². The van der Waals surface area contributed by atoms with E-state index in [-0.39, 0.29) is 0 Å². The Kier molecular flexibility index (Phi) is 3.09. The Morgan fingerprint density at radius 2 is 2.19 bits per heavy atom. The monoisotopic (exact) mass is 284 g/mol. The van der Waals surface area contributed by atoms with E-state index in [2.05, 4.69) is 54.1 Å². The normalized spacial score (nSPS) is 28.9. The number of fused-ring (bicyclic) bond motifs is 1. The van der Waals surface area contributed by atoms with Crippen molar-refractivity contribution < 1.29 is 4.74 Å². The van der Waals surface area contributed by atoms with Crippen LogP contribution in [0.1, 0.15) is 32.4 Å². The first-order chi connectivity index (χ1) is 10.1. The zero-order valence-electron chi connectivity index (χ0n) is 12.9. The van der Waals surface area contributed by atoms with Crippen LogP contribution in [0.3, 0.4) is 0 Å². The van der Waals surface area contributed by atoms with Crippen molar-refractivity contribution >= 4 is 10.9 Å². The smallest absolute Gasteiger partial charge is 0.0736 e. The maximum absolute atomic E-state index is 5.97. The summed E-state index contributed by atoms with van der Waals surface area (Å²) in [4.78, 5) is 6.13. The lowest BCUT2D eigenvalue weighted by Gasteiger charge is -2.56. The summed E-state index contributed by atoms with van der Waals surface area (Å²) in [6, 6.07) is 11.4. The quantitative estimate of drug-likeness (QED) is 0.933. The molecule has 2 aliphatic rings. The number of aromatic amines is 1. The molecule has 1 aromatic heterocycles. The van der Waals surface area contributed by atoms with Crippen LogP contribution in [0.15, 0.2) is 30.3 Å². The predicted molar refractivity (Wildman–Crippen MR) is 85.3 cm³/mol. The van der Waals surface area contributed by atoms with Gasteiger partial charge in [0.25, 0.3) is 0 Å². The zero-order chi connectivity index (χ0) is 14.4. The largest absolute Gasteiger partial charge is 0.377 e. The van der Waals surface area contributed by atoms with Crippen molar-refractivity contribution in [2.45, 2.75) is 45.4 Å². The fraction of sp³-hybridized carbons (Fsp3) is 0.556. The van der Waals surface area contributed by atoms with Gasteiger partial charge in [-0.2, -0.15) is 0 Å². The Morgan fingerprint density at radius 1 is 1.33 bits per heavy atom. The second-order valence-corrected chi connectivity index (χ2v) is 7.27. The zero-order valence-corrected chi connectivity index (χ0v) is 12.9. The molecule has 0 amide bonds. The molecule has 2 atom stereocenters. The summed E-state index contributed by atoms with van der Waals surface area (Å²) in [5.74, 6) is 0. The Hall–Kier alpha value is -1.32. The number of H-pyrrole nitrogens is 1. The van der Waals surface area contributed by atoms with Gasteiger partial charge in [-0.05, 0) is 35.8 Å². The van der Waals surface area contributed by atoms with Crippen LogP contribution in [0, 0.1) is 5.41 Å². The number of nitrogens with one attached hydrogen (secondary N) is 1. The highest BCUT2D eigenvalue weighted by Crippen LogP contribution is 2.43. The maximum Gasteiger partial charge on any atom is 0.0736 e. The highest BCUT2D eigenvalue weighted by atomic mass is 16.5. The number of likely N-dealkylation sites (tertiary alicyclic amines) is 1. The molecule has 4 rings (SSSR count). The number of hydrogen-bond acceptors (Lipinski definition) is 2. The van der Waals surface area contributed by atoms with Crippen molar-refractivity contribution in [2.75, 3.05) is 13.2 Å². The molecule has 0 aliphatic carbocycles. The molecule has 3 nitrogen and oxygen atoms in total. The van der Waals surface area contributed by atoms with Crippen LogP contribution in [0.25, 0.3) is 10.9 Å². The molecule has 1 aromatic carbocycles. The first-order valence-corrected chi connectivity index (χ1v) is 8.06. The van der Waals surface area contributed by atoms with E-state index in [0.29, 0.717) is 17.6 Å². The number of nitrogens with zero attached hydrogens (tertiary/aromatic N) is 1. The number of para-hydroxylation sites is 1. The van der Waals surface area contributed by atoms with Gasteiger partial charge in [0, 0.05) is 36.9 Å². The molecule has 0 radical (unpaired) electrons. The lowest BCUT2D eigenvalue weighted by atomic mass is 9.71. The van der Waals surface area contributed by atoms with Crippen LogP contribution >= 0.6 is 0 Å². The van der Waals surface area contributed by atoms with Gasteiger partial charge in [0.2, 0.25) is 0 Å². The van der Waals surface area contributed by atoms with Gasteiger partial charge in [-0.1, -0.05) is 32.0 Å². The predicted octanol–water partition coefficient (Wildman–Crippen LogP) is 3.56. The first kappa shape index (κ1) is 13.4. The summed E-state index contributed by atoms with van der Waals surface area (Å²) in [6.45, 7) is 7.86. The summed E-state index contributed by atoms with van der Waals surface area (Å²) in [5.41, 5.74) is 2.93. The van der Waals surface area contributed by atoms with Gasteiger partial charge in [0.15, 0.2) is 0 Å². The summed E-state index contributed by atoms with van der Waals surface area (Å²) in [6.07, 6.45) is 2.87. The number of ether oxygens (including phenoxy) is 1. The van der Waals surface area contributed by atoms with E-state index in [4.69, 9.17) is 4.74 Å². The molecule has 21 heavy (non-hydrogen) atoms. The molecule has 2 aromatic rings. The fourth-order valence-corrected chi connectivity index (χ4v) is 4.28. The third-order valence-corrected chi connectivity index (χ3v) is 5.08. The van der Waals surface area contributed by atoms with Gasteiger partial charge in [-0.15, -0.1) is 0 Å². The van der Waals surface area contributed by atoms with Crippen molar-refractivity contribution in [1.82, 2.24) is 9.88 Å². The minimum absolute atomic E-state index is 0.376. The Balaban J connectivity index is 1.53. The standard InChI is InChI=1S/C18H24N2O/c1-18(2)12-20(17(18)16-8-5-9-21-16)11-14-10-13-6-3-4-7-15(13)19-14/h3-4,6-7,10,16-17,19H,5,8-9,11-12H2,1-2H3. The molecule has 1 N–H and O–H groups in total.